The molecule has 200 valence electrons. The van der Waals surface area contributed by atoms with E-state index in [1.165, 1.54) is 28.0 Å². The van der Waals surface area contributed by atoms with Crippen LogP contribution in [0.1, 0.15) is 96.9 Å². The molecule has 4 unspecified atom stereocenters. The molecule has 2 heterocycles. The minimum atomic E-state index is -0.361. The molecule has 2 aliphatic heterocycles. The van der Waals surface area contributed by atoms with Gasteiger partial charge in [-0.2, -0.15) is 0 Å². The fourth-order valence-electron chi connectivity index (χ4n) is 6.52. The van der Waals surface area contributed by atoms with Crippen LogP contribution in [0, 0.1) is 5.92 Å². The summed E-state index contributed by atoms with van der Waals surface area (Å²) in [5.74, 6) is 2.28. The number of aryl methyl sites for hydroxylation is 2. The minimum Gasteiger partial charge on any atom is -0.487 e. The maximum atomic E-state index is 13.3. The second-order valence-electron chi connectivity index (χ2n) is 12.2. The highest BCUT2D eigenvalue weighted by molar-refractivity contribution is 5.98. The second kappa shape index (κ2) is 9.44. The van der Waals surface area contributed by atoms with Crippen molar-refractivity contribution in [1.29, 1.82) is 0 Å². The van der Waals surface area contributed by atoms with Gasteiger partial charge in [-0.3, -0.25) is 14.5 Å². The summed E-state index contributed by atoms with van der Waals surface area (Å²) in [5, 5.41) is 3.33. The van der Waals surface area contributed by atoms with Gasteiger partial charge in [0.2, 0.25) is 5.91 Å². The number of carbonyl (C=O) groups excluding carboxylic acids is 2. The van der Waals surface area contributed by atoms with Gasteiger partial charge < -0.3 is 15.8 Å². The van der Waals surface area contributed by atoms with E-state index in [9.17, 15) is 9.59 Å². The summed E-state index contributed by atoms with van der Waals surface area (Å²) in [6.45, 7) is 4.16. The Labute approximate surface area is 224 Å². The van der Waals surface area contributed by atoms with Crippen LogP contribution in [0.15, 0.2) is 41.4 Å². The quantitative estimate of drug-likeness (QED) is 0.587. The highest BCUT2D eigenvalue weighted by Gasteiger charge is 2.41. The van der Waals surface area contributed by atoms with Gasteiger partial charge in [0.25, 0.3) is 5.91 Å². The number of hydrogen-bond donors (Lipinski definition) is 2. The van der Waals surface area contributed by atoms with Crippen LogP contribution in [0.4, 0.5) is 0 Å². The zero-order chi connectivity index (χ0) is 26.6. The van der Waals surface area contributed by atoms with Gasteiger partial charge in [0, 0.05) is 31.0 Å². The number of nitrogens with zero attached hydrogens (tertiary/aromatic N) is 2. The number of amides is 2. The lowest BCUT2D eigenvalue weighted by atomic mass is 9.88. The molecule has 2 aromatic carbocycles. The highest BCUT2D eigenvalue weighted by atomic mass is 16.5. The topological polar surface area (TPSA) is 97.0 Å². The zero-order valence-corrected chi connectivity index (χ0v) is 22.6. The monoisotopic (exact) mass is 514 g/mol. The van der Waals surface area contributed by atoms with E-state index < -0.39 is 0 Å². The molecule has 2 aliphatic carbocycles. The Kier molecular flexibility index (Phi) is 6.20. The summed E-state index contributed by atoms with van der Waals surface area (Å²) in [5.41, 5.74) is 11.3. The maximum Gasteiger partial charge on any atom is 0.251 e. The number of carbonyl (C=O) groups is 2. The van der Waals surface area contributed by atoms with Crippen molar-refractivity contribution in [1.82, 2.24) is 10.2 Å². The number of hydrogen-bond acceptors (Lipinski definition) is 5. The van der Waals surface area contributed by atoms with E-state index >= 15 is 0 Å². The molecule has 0 saturated heterocycles. The van der Waals surface area contributed by atoms with Gasteiger partial charge >= 0.3 is 0 Å². The number of aliphatic imine (C=N–C) groups is 1. The molecule has 1 fully saturated rings. The van der Waals surface area contributed by atoms with Crippen molar-refractivity contribution in [2.45, 2.75) is 88.8 Å². The fraction of sp³-hybridized carbons (Fsp3) is 0.516. The van der Waals surface area contributed by atoms with Crippen LogP contribution in [-0.4, -0.2) is 41.4 Å². The van der Waals surface area contributed by atoms with Gasteiger partial charge in [-0.1, -0.05) is 12.1 Å². The fourth-order valence-corrected chi connectivity index (χ4v) is 6.52. The molecule has 0 bridgehead atoms. The van der Waals surface area contributed by atoms with Gasteiger partial charge in [-0.25, -0.2) is 4.99 Å². The average molecular weight is 515 g/mol. The summed E-state index contributed by atoms with van der Waals surface area (Å²) in [6.07, 6.45) is 7.54. The summed E-state index contributed by atoms with van der Waals surface area (Å²) in [7, 11) is 1.68. The molecular formula is C31H38N4O3. The van der Waals surface area contributed by atoms with E-state index in [4.69, 9.17) is 10.5 Å². The predicted octanol–water partition coefficient (Wildman–Crippen LogP) is 4.64. The Morgan fingerprint density at radius 2 is 1.97 bits per heavy atom. The first-order valence-corrected chi connectivity index (χ1v) is 14.0. The van der Waals surface area contributed by atoms with E-state index in [2.05, 4.69) is 54.5 Å². The Hall–Kier alpha value is -3.35. The first-order valence-electron chi connectivity index (χ1n) is 14.0. The Morgan fingerprint density at radius 1 is 1.16 bits per heavy atom. The van der Waals surface area contributed by atoms with Crippen molar-refractivity contribution in [3.63, 3.8) is 0 Å². The highest BCUT2D eigenvalue weighted by Crippen LogP contribution is 2.52. The summed E-state index contributed by atoms with van der Waals surface area (Å²) >= 11 is 0. The molecule has 4 aliphatic rings. The van der Waals surface area contributed by atoms with Crippen molar-refractivity contribution >= 4 is 17.8 Å². The van der Waals surface area contributed by atoms with E-state index in [0.717, 1.165) is 55.4 Å². The van der Waals surface area contributed by atoms with Crippen molar-refractivity contribution in [2.24, 2.45) is 16.6 Å². The van der Waals surface area contributed by atoms with Crippen LogP contribution in [0.3, 0.4) is 0 Å². The number of guanidine groups is 1. The molecule has 7 nitrogen and oxygen atoms in total. The Bertz CT molecular complexity index is 1320. The smallest absolute Gasteiger partial charge is 0.251 e. The van der Waals surface area contributed by atoms with Crippen LogP contribution in [0.2, 0.25) is 0 Å². The minimum absolute atomic E-state index is 0.0158. The van der Waals surface area contributed by atoms with E-state index in [1.807, 2.05) is 6.07 Å². The summed E-state index contributed by atoms with van der Waals surface area (Å²) in [6, 6.07) is 12.5. The number of fused-ring (bicyclic) bond motifs is 2. The molecule has 4 atom stereocenters. The molecule has 7 heteroatoms. The number of benzene rings is 2. The van der Waals surface area contributed by atoms with Gasteiger partial charge in [0.15, 0.2) is 5.96 Å². The van der Waals surface area contributed by atoms with Crippen molar-refractivity contribution < 1.29 is 14.3 Å². The first kappa shape index (κ1) is 25.0. The normalized spacial score (nSPS) is 27.2. The Morgan fingerprint density at radius 3 is 2.79 bits per heavy atom. The van der Waals surface area contributed by atoms with Crippen LogP contribution >= 0.6 is 0 Å². The van der Waals surface area contributed by atoms with Crippen molar-refractivity contribution in [3.05, 3.63) is 64.2 Å². The lowest BCUT2D eigenvalue weighted by Gasteiger charge is -2.38. The van der Waals surface area contributed by atoms with Crippen molar-refractivity contribution in [3.8, 4) is 5.75 Å². The van der Waals surface area contributed by atoms with E-state index in [1.54, 1.807) is 7.05 Å². The zero-order valence-electron chi connectivity index (χ0n) is 22.6. The summed E-state index contributed by atoms with van der Waals surface area (Å²) < 4.78 is 6.32. The molecule has 2 aromatic rings. The molecule has 38 heavy (non-hydrogen) atoms. The van der Waals surface area contributed by atoms with Gasteiger partial charge in [0.05, 0.1) is 12.1 Å². The lowest BCUT2D eigenvalue weighted by molar-refractivity contribution is -0.127. The second-order valence-corrected chi connectivity index (χ2v) is 12.2. The van der Waals surface area contributed by atoms with E-state index in [-0.39, 0.29) is 29.5 Å². The number of rotatable bonds is 6. The van der Waals surface area contributed by atoms with Crippen LogP contribution in [-0.2, 0) is 17.6 Å². The van der Waals surface area contributed by atoms with Crippen LogP contribution < -0.4 is 15.8 Å². The molecule has 0 aromatic heterocycles. The van der Waals surface area contributed by atoms with Gasteiger partial charge in [0.1, 0.15) is 11.4 Å². The molecule has 0 spiro atoms. The van der Waals surface area contributed by atoms with Crippen LogP contribution in [0.25, 0.3) is 0 Å². The SMILES string of the molecule is CN1C(=O)CC(CCC2CC2c2ccc3c(c2)C(NC(=O)c2ccc4c(c2)CCC4)CC(C)(C)O3)N=C1N. The Balaban J connectivity index is 1.15. The van der Waals surface area contributed by atoms with Gasteiger partial charge in [-0.15, -0.1) is 0 Å². The first-order chi connectivity index (χ1) is 18.2. The largest absolute Gasteiger partial charge is 0.487 e. The molecule has 0 radical (unpaired) electrons. The van der Waals surface area contributed by atoms with Gasteiger partial charge in [-0.05, 0) is 105 Å². The van der Waals surface area contributed by atoms with Crippen molar-refractivity contribution in [2.75, 3.05) is 7.05 Å². The number of ether oxygens (including phenoxy) is 1. The number of nitrogens with one attached hydrogen (secondary N) is 1. The molecular weight excluding hydrogens is 476 g/mol. The third-order valence-electron chi connectivity index (χ3n) is 8.82. The maximum absolute atomic E-state index is 13.3. The van der Waals surface area contributed by atoms with Crippen LogP contribution in [0.5, 0.6) is 5.75 Å². The predicted molar refractivity (Wildman–Crippen MR) is 147 cm³/mol. The standard InChI is InChI=1S/C31H38N4O3/c1-31(2)17-26(34-29(37)22-8-7-18-5-4-6-19(18)13-22)25-15-21(10-12-27(25)38-31)24-14-20(24)9-11-23-16-28(36)35(3)30(32)33-23/h7-8,10,12-13,15,20,23-24,26H,4-6,9,11,14,16-17H2,1-3H3,(H2,32,33)(H,34,37). The van der Waals surface area contributed by atoms with E-state index in [0.29, 0.717) is 24.2 Å². The molecule has 1 saturated carbocycles. The lowest BCUT2D eigenvalue weighted by Crippen LogP contribution is -2.44. The number of nitrogens with two attached hydrogens (primary N) is 1. The molecule has 2 amide bonds. The summed E-state index contributed by atoms with van der Waals surface area (Å²) in [4.78, 5) is 31.4. The average Bonchev–Trinajstić information content (AvgIpc) is 3.50. The third-order valence-corrected chi connectivity index (χ3v) is 8.82. The third kappa shape index (κ3) is 4.91. The molecule has 3 N–H and O–H groups in total. The molecule has 6 rings (SSSR count).